The molecule has 0 aliphatic carbocycles. The van der Waals surface area contributed by atoms with Crippen molar-refractivity contribution in [1.82, 2.24) is 15.5 Å². The van der Waals surface area contributed by atoms with Gasteiger partial charge < -0.3 is 15.4 Å². The number of benzene rings is 1. The fourth-order valence-corrected chi connectivity index (χ4v) is 3.39. The van der Waals surface area contributed by atoms with Crippen LogP contribution in [0.3, 0.4) is 0 Å². The summed E-state index contributed by atoms with van der Waals surface area (Å²) in [7, 11) is 1.72. The highest BCUT2D eigenvalue weighted by Crippen LogP contribution is 2.29. The van der Waals surface area contributed by atoms with Crippen LogP contribution in [0.4, 0.5) is 13.2 Å². The van der Waals surface area contributed by atoms with Gasteiger partial charge in [-0.2, -0.15) is 13.2 Å². The van der Waals surface area contributed by atoms with Crippen LogP contribution in [-0.4, -0.2) is 56.8 Å². The van der Waals surface area contributed by atoms with Crippen LogP contribution in [0.2, 0.25) is 0 Å². The zero-order valence-electron chi connectivity index (χ0n) is 17.8. The molecule has 1 fully saturated rings. The molecule has 2 rings (SSSR count). The highest BCUT2D eigenvalue weighted by molar-refractivity contribution is 14.0. The molecular weight excluding hydrogens is 508 g/mol. The smallest absolute Gasteiger partial charge is 0.385 e. The fraction of sp³-hybridized carbons (Fsp3) is 0.667. The van der Waals surface area contributed by atoms with Crippen molar-refractivity contribution in [3.63, 3.8) is 0 Å². The largest absolute Gasteiger partial charge is 0.416 e. The van der Waals surface area contributed by atoms with Gasteiger partial charge in [-0.3, -0.25) is 9.89 Å². The van der Waals surface area contributed by atoms with Crippen molar-refractivity contribution in [3.8, 4) is 0 Å². The number of methoxy groups -OCH3 is 1. The first-order chi connectivity index (χ1) is 13.9. The summed E-state index contributed by atoms with van der Waals surface area (Å²) in [5.74, 6) is 0.834. The maximum Gasteiger partial charge on any atom is 0.416 e. The van der Waals surface area contributed by atoms with Gasteiger partial charge in [0.2, 0.25) is 0 Å². The molecule has 5 nitrogen and oxygen atoms in total. The second-order valence-electron chi connectivity index (χ2n) is 7.37. The number of likely N-dealkylation sites (tertiary alicyclic amines) is 1. The Morgan fingerprint density at radius 2 is 1.93 bits per heavy atom. The quantitative estimate of drug-likeness (QED) is 0.201. The van der Waals surface area contributed by atoms with Crippen LogP contribution in [0, 0.1) is 0 Å². The molecule has 30 heavy (non-hydrogen) atoms. The van der Waals surface area contributed by atoms with E-state index >= 15 is 0 Å². The molecule has 9 heteroatoms. The SMILES string of the molecule is CCNC(=NCCCCCOC)NC1CCN(Cc2ccc(C(F)(F)F)cc2)C1.I. The fourth-order valence-electron chi connectivity index (χ4n) is 3.39. The van der Waals surface area contributed by atoms with Gasteiger partial charge >= 0.3 is 6.18 Å². The van der Waals surface area contributed by atoms with E-state index in [2.05, 4.69) is 20.5 Å². The number of hydrogen-bond donors (Lipinski definition) is 2. The Kier molecular flexibility index (Phi) is 12.7. The predicted octanol–water partition coefficient (Wildman–Crippen LogP) is 4.27. The molecular formula is C21H34F3IN4O. The van der Waals surface area contributed by atoms with E-state index in [4.69, 9.17) is 4.74 Å². The Morgan fingerprint density at radius 3 is 2.57 bits per heavy atom. The number of nitrogens with one attached hydrogen (secondary N) is 2. The van der Waals surface area contributed by atoms with Gasteiger partial charge in [-0.15, -0.1) is 24.0 Å². The summed E-state index contributed by atoms with van der Waals surface area (Å²) in [6.07, 6.45) is -0.116. The summed E-state index contributed by atoms with van der Waals surface area (Å²) in [6.45, 7) is 6.83. The molecule has 1 aromatic carbocycles. The van der Waals surface area contributed by atoms with Gasteiger partial charge in [-0.05, 0) is 50.3 Å². The van der Waals surface area contributed by atoms with Gasteiger partial charge in [0.05, 0.1) is 5.56 Å². The maximum absolute atomic E-state index is 12.7. The Morgan fingerprint density at radius 1 is 1.20 bits per heavy atom. The molecule has 0 aromatic heterocycles. The van der Waals surface area contributed by atoms with Crippen LogP contribution < -0.4 is 10.6 Å². The molecule has 1 saturated heterocycles. The van der Waals surface area contributed by atoms with Gasteiger partial charge in [0.1, 0.15) is 0 Å². The van der Waals surface area contributed by atoms with Crippen molar-refractivity contribution in [2.75, 3.05) is 39.9 Å². The average molecular weight is 542 g/mol. The van der Waals surface area contributed by atoms with Crippen LogP contribution in [0.15, 0.2) is 29.3 Å². The van der Waals surface area contributed by atoms with Crippen LogP contribution in [0.1, 0.15) is 43.7 Å². The molecule has 1 aliphatic heterocycles. The highest BCUT2D eigenvalue weighted by atomic mass is 127. The number of halogens is 4. The zero-order chi connectivity index (χ0) is 21.1. The molecule has 1 aromatic rings. The summed E-state index contributed by atoms with van der Waals surface area (Å²) in [5.41, 5.74) is 0.297. The lowest BCUT2D eigenvalue weighted by Gasteiger charge is -2.19. The van der Waals surface area contributed by atoms with Gasteiger partial charge in [-0.1, -0.05) is 12.1 Å². The number of guanidine groups is 1. The van der Waals surface area contributed by atoms with Crippen LogP contribution in [0.5, 0.6) is 0 Å². The lowest BCUT2D eigenvalue weighted by Crippen LogP contribution is -2.44. The van der Waals surface area contributed by atoms with Gasteiger partial charge in [0.15, 0.2) is 5.96 Å². The third-order valence-corrected chi connectivity index (χ3v) is 4.92. The van der Waals surface area contributed by atoms with Crippen LogP contribution >= 0.6 is 24.0 Å². The molecule has 0 amide bonds. The first-order valence-corrected chi connectivity index (χ1v) is 10.3. The predicted molar refractivity (Wildman–Crippen MR) is 125 cm³/mol. The second kappa shape index (κ2) is 14.1. The molecule has 1 aliphatic rings. The monoisotopic (exact) mass is 542 g/mol. The Labute approximate surface area is 194 Å². The minimum absolute atomic E-state index is 0. The number of rotatable bonds is 10. The van der Waals surface area contributed by atoms with E-state index in [1.54, 1.807) is 19.2 Å². The van der Waals surface area contributed by atoms with Crippen molar-refractivity contribution < 1.29 is 17.9 Å². The Bertz CT molecular complexity index is 626. The molecule has 0 radical (unpaired) electrons. The third-order valence-electron chi connectivity index (χ3n) is 4.92. The lowest BCUT2D eigenvalue weighted by molar-refractivity contribution is -0.137. The first-order valence-electron chi connectivity index (χ1n) is 10.3. The number of unbranched alkanes of at least 4 members (excludes halogenated alkanes) is 2. The van der Waals surface area contributed by atoms with E-state index in [1.807, 2.05) is 6.92 Å². The lowest BCUT2D eigenvalue weighted by atomic mass is 10.1. The van der Waals surface area contributed by atoms with E-state index in [0.717, 1.165) is 82.1 Å². The molecule has 172 valence electrons. The number of hydrogen-bond acceptors (Lipinski definition) is 3. The van der Waals surface area contributed by atoms with Crippen LogP contribution in [0.25, 0.3) is 0 Å². The summed E-state index contributed by atoms with van der Waals surface area (Å²) in [4.78, 5) is 6.90. The summed E-state index contributed by atoms with van der Waals surface area (Å²) in [5, 5.41) is 6.77. The van der Waals surface area contributed by atoms with E-state index in [1.165, 1.54) is 0 Å². The average Bonchev–Trinajstić information content (AvgIpc) is 3.11. The topological polar surface area (TPSA) is 48.9 Å². The maximum atomic E-state index is 12.7. The van der Waals surface area contributed by atoms with E-state index in [9.17, 15) is 13.2 Å². The Balaban J connectivity index is 0.00000450. The summed E-state index contributed by atoms with van der Waals surface area (Å²) in [6, 6.07) is 5.74. The van der Waals surface area contributed by atoms with Gasteiger partial charge in [0.25, 0.3) is 0 Å². The Hall–Kier alpha value is -1.07. The van der Waals surface area contributed by atoms with Crippen molar-refractivity contribution in [3.05, 3.63) is 35.4 Å². The summed E-state index contributed by atoms with van der Waals surface area (Å²) < 4.78 is 43.1. The molecule has 1 unspecified atom stereocenters. The standard InChI is InChI=1S/C21H33F3N4O.HI/c1-3-25-20(26-12-5-4-6-14-29-2)27-19-11-13-28(16-19)15-17-7-9-18(10-8-17)21(22,23)24;/h7-10,19H,3-6,11-16H2,1-2H3,(H2,25,26,27);1H. The minimum Gasteiger partial charge on any atom is -0.385 e. The van der Waals surface area contributed by atoms with Gasteiger partial charge in [-0.25, -0.2) is 0 Å². The second-order valence-corrected chi connectivity index (χ2v) is 7.37. The minimum atomic E-state index is -4.28. The van der Waals surface area contributed by atoms with Crippen molar-refractivity contribution in [1.29, 1.82) is 0 Å². The van der Waals surface area contributed by atoms with E-state index < -0.39 is 11.7 Å². The molecule has 0 bridgehead atoms. The summed E-state index contributed by atoms with van der Waals surface area (Å²) >= 11 is 0. The molecule has 0 saturated carbocycles. The highest BCUT2D eigenvalue weighted by Gasteiger charge is 2.30. The molecule has 2 N–H and O–H groups in total. The first kappa shape index (κ1) is 27.0. The molecule has 0 spiro atoms. The zero-order valence-corrected chi connectivity index (χ0v) is 20.1. The van der Waals surface area contributed by atoms with E-state index in [-0.39, 0.29) is 30.0 Å². The number of alkyl halides is 3. The van der Waals surface area contributed by atoms with Crippen molar-refractivity contribution >= 4 is 29.9 Å². The van der Waals surface area contributed by atoms with E-state index in [0.29, 0.717) is 6.54 Å². The number of nitrogens with zero attached hydrogens (tertiary/aromatic N) is 2. The van der Waals surface area contributed by atoms with Crippen molar-refractivity contribution in [2.45, 2.75) is 51.4 Å². The van der Waals surface area contributed by atoms with Crippen LogP contribution in [-0.2, 0) is 17.5 Å². The molecule has 1 heterocycles. The normalized spacial score (nSPS) is 17.6. The molecule has 1 atom stereocenters. The van der Waals surface area contributed by atoms with Gasteiger partial charge in [0, 0.05) is 52.5 Å². The van der Waals surface area contributed by atoms with Crippen molar-refractivity contribution in [2.24, 2.45) is 4.99 Å². The third kappa shape index (κ3) is 9.82. The number of ether oxygens (including phenoxy) is 1. The number of aliphatic imine (C=N–C) groups is 1.